The lowest BCUT2D eigenvalue weighted by molar-refractivity contribution is -0.143. The van der Waals surface area contributed by atoms with Crippen molar-refractivity contribution in [1.82, 2.24) is 0 Å². The molecule has 0 aromatic heterocycles. The molecule has 124 valence electrons. The van der Waals surface area contributed by atoms with Crippen LogP contribution in [0.3, 0.4) is 0 Å². The van der Waals surface area contributed by atoms with Crippen LogP contribution >= 0.6 is 0 Å². The van der Waals surface area contributed by atoms with Gasteiger partial charge in [-0.2, -0.15) is 0 Å². The van der Waals surface area contributed by atoms with Gasteiger partial charge in [0.1, 0.15) is 6.10 Å². The maximum Gasteiger partial charge on any atom is 0.303 e. The van der Waals surface area contributed by atoms with Gasteiger partial charge in [-0.25, -0.2) is 0 Å². The first kappa shape index (κ1) is 20.6. The van der Waals surface area contributed by atoms with Crippen molar-refractivity contribution in [2.75, 3.05) is 0 Å². The van der Waals surface area contributed by atoms with Crippen LogP contribution in [0.15, 0.2) is 0 Å². The normalized spacial score (nSPS) is 12.4. The molecule has 3 heteroatoms. The zero-order chi connectivity index (χ0) is 16.6. The predicted molar refractivity (Wildman–Crippen MR) is 90.0 cm³/mol. The highest BCUT2D eigenvalue weighted by atomic mass is 16.5. The molecule has 0 aromatic rings. The Morgan fingerprint density at radius 1 is 1.00 bits per heavy atom. The summed E-state index contributed by atoms with van der Waals surface area (Å²) in [5.41, 5.74) is 0. The Hall–Kier alpha value is -1.45. The fourth-order valence-electron chi connectivity index (χ4n) is 2.02. The van der Waals surface area contributed by atoms with Crippen LogP contribution in [-0.2, 0) is 9.53 Å². The third-order valence-electron chi connectivity index (χ3n) is 3.29. The van der Waals surface area contributed by atoms with Crippen LogP contribution in [0.1, 0.15) is 78.6 Å². The molecule has 0 heterocycles. The van der Waals surface area contributed by atoms with Crippen molar-refractivity contribution < 1.29 is 14.6 Å². The van der Waals surface area contributed by atoms with E-state index in [4.69, 9.17) is 4.74 Å². The SMILES string of the molecule is CCCCCCCCC[C@H](O)C#CC#C[C@H](CC)OC(C)=O. The molecule has 0 bridgehead atoms. The van der Waals surface area contributed by atoms with Gasteiger partial charge >= 0.3 is 5.97 Å². The number of hydrogen-bond acceptors (Lipinski definition) is 3. The Bertz CT molecular complexity index is 406. The largest absolute Gasteiger partial charge is 0.449 e. The molecule has 22 heavy (non-hydrogen) atoms. The van der Waals surface area contributed by atoms with Gasteiger partial charge in [0.05, 0.1) is 0 Å². The van der Waals surface area contributed by atoms with E-state index < -0.39 is 12.2 Å². The fourth-order valence-corrected chi connectivity index (χ4v) is 2.02. The second-order valence-corrected chi connectivity index (χ2v) is 5.47. The van der Waals surface area contributed by atoms with Gasteiger partial charge in [0.15, 0.2) is 6.10 Å². The maximum atomic E-state index is 10.8. The van der Waals surface area contributed by atoms with Crippen molar-refractivity contribution in [1.29, 1.82) is 0 Å². The molecule has 3 nitrogen and oxygen atoms in total. The van der Waals surface area contributed by atoms with Gasteiger partial charge < -0.3 is 9.84 Å². The summed E-state index contributed by atoms with van der Waals surface area (Å²) in [6.45, 7) is 5.47. The summed E-state index contributed by atoms with van der Waals surface area (Å²) < 4.78 is 4.98. The van der Waals surface area contributed by atoms with Gasteiger partial charge in [0, 0.05) is 6.92 Å². The van der Waals surface area contributed by atoms with Crippen molar-refractivity contribution in [2.24, 2.45) is 0 Å². The lowest BCUT2D eigenvalue weighted by atomic mass is 10.1. The van der Waals surface area contributed by atoms with E-state index in [0.29, 0.717) is 12.8 Å². The van der Waals surface area contributed by atoms with Crippen molar-refractivity contribution in [3.8, 4) is 23.7 Å². The molecule has 0 aliphatic rings. The topological polar surface area (TPSA) is 46.5 Å². The van der Waals surface area contributed by atoms with Crippen LogP contribution < -0.4 is 0 Å². The number of hydrogen-bond donors (Lipinski definition) is 1. The lowest BCUT2D eigenvalue weighted by Gasteiger charge is -2.06. The molecule has 0 rings (SSSR count). The maximum absolute atomic E-state index is 10.8. The zero-order valence-corrected chi connectivity index (χ0v) is 14.3. The zero-order valence-electron chi connectivity index (χ0n) is 14.3. The number of carbonyl (C=O) groups is 1. The molecule has 0 saturated heterocycles. The second-order valence-electron chi connectivity index (χ2n) is 5.47. The van der Waals surface area contributed by atoms with Gasteiger partial charge in [-0.3, -0.25) is 4.79 Å². The molecule has 0 aliphatic heterocycles. The smallest absolute Gasteiger partial charge is 0.303 e. The number of carbonyl (C=O) groups excluding carboxylic acids is 1. The molecule has 0 aromatic carbocycles. The molecule has 0 radical (unpaired) electrons. The number of rotatable bonds is 10. The Balaban J connectivity index is 3.84. The van der Waals surface area contributed by atoms with E-state index in [1.807, 2.05) is 6.92 Å². The van der Waals surface area contributed by atoms with Crippen LogP contribution in [0.2, 0.25) is 0 Å². The van der Waals surface area contributed by atoms with E-state index in [0.717, 1.165) is 12.8 Å². The van der Waals surface area contributed by atoms with Gasteiger partial charge in [-0.15, -0.1) is 0 Å². The van der Waals surface area contributed by atoms with Crippen LogP contribution in [-0.4, -0.2) is 23.3 Å². The fraction of sp³-hybridized carbons (Fsp3) is 0.737. The minimum Gasteiger partial charge on any atom is -0.449 e. The molecule has 0 saturated carbocycles. The van der Waals surface area contributed by atoms with Crippen LogP contribution in [0, 0.1) is 23.7 Å². The Morgan fingerprint density at radius 3 is 2.18 bits per heavy atom. The number of aliphatic hydroxyl groups is 1. The average molecular weight is 306 g/mol. The minimum absolute atomic E-state index is 0.340. The standard InChI is InChI=1S/C19H30O3/c1-4-6-7-8-9-10-11-14-18(21)15-12-13-16-19(5-2)22-17(3)20/h18-19,21H,4-11,14H2,1-3H3/t18-,19-/m0/s1. The molecule has 0 spiro atoms. The van der Waals surface area contributed by atoms with Crippen molar-refractivity contribution in [3.05, 3.63) is 0 Å². The molecule has 0 fully saturated rings. The van der Waals surface area contributed by atoms with Gasteiger partial charge in [0.25, 0.3) is 0 Å². The molecule has 0 amide bonds. The molecular formula is C19H30O3. The Labute approximate surface area is 135 Å². The van der Waals surface area contributed by atoms with E-state index >= 15 is 0 Å². The highest BCUT2D eigenvalue weighted by molar-refractivity contribution is 5.66. The van der Waals surface area contributed by atoms with E-state index in [9.17, 15) is 9.90 Å². The summed E-state index contributed by atoms with van der Waals surface area (Å²) in [7, 11) is 0. The molecule has 0 aliphatic carbocycles. The lowest BCUT2D eigenvalue weighted by Crippen LogP contribution is -2.12. The average Bonchev–Trinajstić information content (AvgIpc) is 2.49. The van der Waals surface area contributed by atoms with E-state index in [1.165, 1.54) is 39.0 Å². The van der Waals surface area contributed by atoms with Crippen molar-refractivity contribution in [3.63, 3.8) is 0 Å². The van der Waals surface area contributed by atoms with Gasteiger partial charge in [-0.1, -0.05) is 58.3 Å². The van der Waals surface area contributed by atoms with E-state index in [-0.39, 0.29) is 5.97 Å². The van der Waals surface area contributed by atoms with Crippen LogP contribution in [0.5, 0.6) is 0 Å². The number of esters is 1. The molecule has 2 atom stereocenters. The third kappa shape index (κ3) is 13.5. The minimum atomic E-state index is -0.612. The second kappa shape index (κ2) is 14.5. The number of aliphatic hydroxyl groups excluding tert-OH is 1. The van der Waals surface area contributed by atoms with E-state index in [1.54, 1.807) is 0 Å². The summed E-state index contributed by atoms with van der Waals surface area (Å²) in [6, 6.07) is 0. The first-order valence-corrected chi connectivity index (χ1v) is 8.46. The van der Waals surface area contributed by atoms with Crippen LogP contribution in [0.4, 0.5) is 0 Å². The highest BCUT2D eigenvalue weighted by Gasteiger charge is 2.04. The quantitative estimate of drug-likeness (QED) is 0.379. The first-order valence-electron chi connectivity index (χ1n) is 8.46. The number of ether oxygens (including phenoxy) is 1. The van der Waals surface area contributed by atoms with Crippen molar-refractivity contribution >= 4 is 5.97 Å². The first-order chi connectivity index (χ1) is 10.6. The van der Waals surface area contributed by atoms with Crippen molar-refractivity contribution in [2.45, 2.75) is 90.8 Å². The van der Waals surface area contributed by atoms with Gasteiger partial charge in [-0.05, 0) is 37.0 Å². The predicted octanol–water partition coefficient (Wildman–Crippen LogP) is 3.84. The Kier molecular flexibility index (Phi) is 13.5. The van der Waals surface area contributed by atoms with Gasteiger partial charge in [0.2, 0.25) is 0 Å². The van der Waals surface area contributed by atoms with Crippen LogP contribution in [0.25, 0.3) is 0 Å². The summed E-state index contributed by atoms with van der Waals surface area (Å²) in [5.74, 6) is 10.4. The van der Waals surface area contributed by atoms with E-state index in [2.05, 4.69) is 30.6 Å². The summed E-state index contributed by atoms with van der Waals surface area (Å²) in [4.78, 5) is 10.8. The highest BCUT2D eigenvalue weighted by Crippen LogP contribution is 2.09. The third-order valence-corrected chi connectivity index (χ3v) is 3.29. The Morgan fingerprint density at radius 2 is 1.59 bits per heavy atom. The number of unbranched alkanes of at least 4 members (excludes halogenated alkanes) is 6. The summed E-state index contributed by atoms with van der Waals surface area (Å²) in [5, 5.41) is 9.73. The molecule has 1 N–H and O–H groups in total. The summed E-state index contributed by atoms with van der Waals surface area (Å²) >= 11 is 0. The summed E-state index contributed by atoms with van der Waals surface area (Å²) in [6.07, 6.45) is 8.89. The monoisotopic (exact) mass is 306 g/mol. The molecular weight excluding hydrogens is 276 g/mol. The molecule has 0 unspecified atom stereocenters.